The molecule has 0 unspecified atom stereocenters. The van der Waals surface area contributed by atoms with E-state index < -0.39 is 12.0 Å². The molecule has 1 aliphatic rings. The average molecular weight is 608 g/mol. The second-order valence-electron chi connectivity index (χ2n) is 10.4. The number of hydrogen-bond acceptors (Lipinski definition) is 7. The van der Waals surface area contributed by atoms with Gasteiger partial charge in [-0.25, -0.2) is 9.79 Å². The van der Waals surface area contributed by atoms with Crippen LogP contribution < -0.4 is 24.4 Å². The Balaban J connectivity index is 1.61. The Labute approximate surface area is 258 Å². The van der Waals surface area contributed by atoms with E-state index >= 15 is 0 Å². The van der Waals surface area contributed by atoms with E-state index in [-0.39, 0.29) is 12.2 Å². The Hall–Kier alpha value is -4.89. The van der Waals surface area contributed by atoms with E-state index in [1.165, 1.54) is 11.3 Å². The van der Waals surface area contributed by atoms with Gasteiger partial charge >= 0.3 is 5.97 Å². The standard InChI is InChI=1S/C35H33N3O5S/c1-6-42-27-18-23(16-17-26(27)41-5)32-29(34(40)43-7-2)21(4)36-35-38(32)33(39)28(44-35)19-25-24-15-11-12-20(3)30(24)37-31(25)22-13-9-8-10-14-22/h8-19,32,37H,6-7H2,1-5H3/b28-19+/t32-/m0/s1. The van der Waals surface area contributed by atoms with Crippen molar-refractivity contribution >= 4 is 34.3 Å². The molecule has 0 amide bonds. The summed E-state index contributed by atoms with van der Waals surface area (Å²) in [6.45, 7) is 8.11. The summed E-state index contributed by atoms with van der Waals surface area (Å²) >= 11 is 1.30. The highest BCUT2D eigenvalue weighted by atomic mass is 32.1. The van der Waals surface area contributed by atoms with Gasteiger partial charge in [-0.1, -0.05) is 65.9 Å². The highest BCUT2D eigenvalue weighted by Crippen LogP contribution is 2.37. The van der Waals surface area contributed by atoms with E-state index in [0.29, 0.717) is 44.3 Å². The summed E-state index contributed by atoms with van der Waals surface area (Å²) in [5, 5.41) is 1.02. The molecule has 5 aromatic rings. The van der Waals surface area contributed by atoms with Gasteiger partial charge in [-0.3, -0.25) is 9.36 Å². The molecule has 6 rings (SSSR count). The summed E-state index contributed by atoms with van der Waals surface area (Å²) < 4.78 is 18.9. The molecule has 8 nitrogen and oxygen atoms in total. The first kappa shape index (κ1) is 29.2. The van der Waals surface area contributed by atoms with Gasteiger partial charge in [0.1, 0.15) is 0 Å². The van der Waals surface area contributed by atoms with Gasteiger partial charge in [0, 0.05) is 16.5 Å². The maximum absolute atomic E-state index is 14.4. The van der Waals surface area contributed by atoms with Crippen molar-refractivity contribution in [2.24, 2.45) is 4.99 Å². The third-order valence-electron chi connectivity index (χ3n) is 7.74. The number of nitrogens with zero attached hydrogens (tertiary/aromatic N) is 2. The van der Waals surface area contributed by atoms with E-state index in [4.69, 9.17) is 19.2 Å². The molecule has 1 aliphatic heterocycles. The molecule has 0 aliphatic carbocycles. The molecule has 0 fully saturated rings. The first-order valence-corrected chi connectivity index (χ1v) is 15.3. The SMILES string of the molecule is CCOC(=O)C1=C(C)N=c2s/c(=C/c3c(-c4ccccc4)[nH]c4c(C)cccc34)c(=O)n2[C@H]1c1ccc(OC)c(OCC)c1. The van der Waals surface area contributed by atoms with Crippen LogP contribution in [0.2, 0.25) is 0 Å². The quantitative estimate of drug-likeness (QED) is 0.230. The number of thiazole rings is 1. The van der Waals surface area contributed by atoms with Crippen LogP contribution in [0.15, 0.2) is 87.8 Å². The number of esters is 1. The molecule has 3 aromatic carbocycles. The van der Waals surface area contributed by atoms with E-state index in [9.17, 15) is 9.59 Å². The fourth-order valence-corrected chi connectivity index (χ4v) is 6.77. The van der Waals surface area contributed by atoms with Crippen molar-refractivity contribution in [1.82, 2.24) is 9.55 Å². The molecular weight excluding hydrogens is 574 g/mol. The monoisotopic (exact) mass is 607 g/mol. The minimum absolute atomic E-state index is 0.196. The largest absolute Gasteiger partial charge is 0.493 e. The zero-order chi connectivity index (χ0) is 31.0. The fraction of sp³-hybridized carbons (Fsp3) is 0.229. The van der Waals surface area contributed by atoms with Crippen LogP contribution >= 0.6 is 11.3 Å². The first-order valence-electron chi connectivity index (χ1n) is 14.5. The lowest BCUT2D eigenvalue weighted by molar-refractivity contribution is -0.139. The highest BCUT2D eigenvalue weighted by molar-refractivity contribution is 7.07. The number of carbonyl (C=O) groups excluding carboxylic acids is 1. The Morgan fingerprint density at radius 2 is 1.82 bits per heavy atom. The van der Waals surface area contributed by atoms with Crippen molar-refractivity contribution in [3.8, 4) is 22.8 Å². The highest BCUT2D eigenvalue weighted by Gasteiger charge is 2.34. The topological polar surface area (TPSA) is 94.9 Å². The summed E-state index contributed by atoms with van der Waals surface area (Å²) in [5.41, 5.74) is 6.24. The number of ether oxygens (including phenoxy) is 3. The molecule has 3 heterocycles. The predicted octanol–water partition coefficient (Wildman–Crippen LogP) is 5.66. The maximum atomic E-state index is 14.4. The number of benzene rings is 3. The molecule has 0 saturated heterocycles. The molecule has 0 bridgehead atoms. The van der Waals surface area contributed by atoms with Crippen molar-refractivity contribution < 1.29 is 19.0 Å². The Kier molecular flexibility index (Phi) is 7.97. The van der Waals surface area contributed by atoms with Crippen LogP contribution in [0.4, 0.5) is 0 Å². The van der Waals surface area contributed by atoms with Crippen LogP contribution in [0.1, 0.15) is 43.5 Å². The summed E-state index contributed by atoms with van der Waals surface area (Å²) in [7, 11) is 1.57. The molecule has 0 saturated carbocycles. The molecule has 44 heavy (non-hydrogen) atoms. The van der Waals surface area contributed by atoms with Crippen molar-refractivity contribution in [1.29, 1.82) is 0 Å². The van der Waals surface area contributed by atoms with Crippen LogP contribution in [0, 0.1) is 6.92 Å². The van der Waals surface area contributed by atoms with Crippen molar-refractivity contribution in [2.75, 3.05) is 20.3 Å². The van der Waals surface area contributed by atoms with E-state index in [2.05, 4.69) is 24.0 Å². The maximum Gasteiger partial charge on any atom is 0.338 e. The van der Waals surface area contributed by atoms with Gasteiger partial charge in [0.05, 0.1) is 47.9 Å². The Morgan fingerprint density at radius 3 is 2.55 bits per heavy atom. The zero-order valence-corrected chi connectivity index (χ0v) is 26.1. The number of aromatic nitrogens is 2. The average Bonchev–Trinajstić information content (AvgIpc) is 3.55. The summed E-state index contributed by atoms with van der Waals surface area (Å²) in [6.07, 6.45) is 1.94. The number of H-pyrrole nitrogens is 1. The Bertz CT molecular complexity index is 2100. The molecule has 1 atom stereocenters. The minimum atomic E-state index is -0.767. The number of aryl methyl sites for hydroxylation is 1. The third kappa shape index (κ3) is 5.03. The van der Waals surface area contributed by atoms with Gasteiger partial charge in [-0.2, -0.15) is 0 Å². The first-order chi connectivity index (χ1) is 21.4. The predicted molar refractivity (Wildman–Crippen MR) is 173 cm³/mol. The molecule has 9 heteroatoms. The molecule has 1 N–H and O–H groups in total. The molecule has 224 valence electrons. The number of rotatable bonds is 8. The minimum Gasteiger partial charge on any atom is -0.493 e. The second-order valence-corrected chi connectivity index (χ2v) is 11.4. The number of aromatic amines is 1. The lowest BCUT2D eigenvalue weighted by atomic mass is 9.95. The van der Waals surface area contributed by atoms with Crippen molar-refractivity contribution in [3.05, 3.63) is 114 Å². The lowest BCUT2D eigenvalue weighted by Crippen LogP contribution is -2.40. The smallest absolute Gasteiger partial charge is 0.338 e. The Morgan fingerprint density at radius 1 is 1.02 bits per heavy atom. The van der Waals surface area contributed by atoms with Crippen LogP contribution in [0.25, 0.3) is 28.2 Å². The van der Waals surface area contributed by atoms with Gasteiger partial charge in [0.15, 0.2) is 16.3 Å². The zero-order valence-electron chi connectivity index (χ0n) is 25.3. The van der Waals surface area contributed by atoms with Gasteiger partial charge in [0.25, 0.3) is 5.56 Å². The van der Waals surface area contributed by atoms with E-state index in [1.54, 1.807) is 31.6 Å². The van der Waals surface area contributed by atoms with Gasteiger partial charge in [0.2, 0.25) is 0 Å². The number of fused-ring (bicyclic) bond motifs is 2. The van der Waals surface area contributed by atoms with Crippen molar-refractivity contribution in [2.45, 2.75) is 33.7 Å². The molecule has 2 aromatic heterocycles. The molecular formula is C35H33N3O5S. The number of carbonyl (C=O) groups is 1. The number of hydrogen-bond donors (Lipinski definition) is 1. The third-order valence-corrected chi connectivity index (χ3v) is 8.72. The summed E-state index contributed by atoms with van der Waals surface area (Å²) in [6, 6.07) is 20.9. The lowest BCUT2D eigenvalue weighted by Gasteiger charge is -2.25. The number of methoxy groups -OCH3 is 1. The van der Waals surface area contributed by atoms with E-state index in [1.807, 2.05) is 61.5 Å². The normalized spacial score (nSPS) is 14.8. The van der Waals surface area contributed by atoms with Gasteiger partial charge in [-0.15, -0.1) is 0 Å². The summed E-state index contributed by atoms with van der Waals surface area (Å²) in [5.74, 6) is 0.568. The van der Waals surface area contributed by atoms with Crippen LogP contribution in [0.3, 0.4) is 0 Å². The number of para-hydroxylation sites is 1. The molecule has 0 spiro atoms. The van der Waals surface area contributed by atoms with Gasteiger partial charge < -0.3 is 19.2 Å². The molecule has 0 radical (unpaired) electrons. The van der Waals surface area contributed by atoms with Gasteiger partial charge in [-0.05, 0) is 62.6 Å². The second kappa shape index (κ2) is 12.0. The van der Waals surface area contributed by atoms with Crippen LogP contribution in [0.5, 0.6) is 11.5 Å². The van der Waals surface area contributed by atoms with E-state index in [0.717, 1.165) is 33.3 Å². The fourth-order valence-electron chi connectivity index (χ4n) is 5.74. The number of allylic oxidation sites excluding steroid dienone is 1. The summed E-state index contributed by atoms with van der Waals surface area (Å²) in [4.78, 5) is 36.6. The van der Waals surface area contributed by atoms with Crippen LogP contribution in [-0.4, -0.2) is 35.8 Å². The van der Waals surface area contributed by atoms with Crippen molar-refractivity contribution in [3.63, 3.8) is 0 Å². The van der Waals surface area contributed by atoms with Crippen LogP contribution in [-0.2, 0) is 9.53 Å². The number of nitrogens with one attached hydrogen (secondary N) is 1.